The van der Waals surface area contributed by atoms with Crippen molar-refractivity contribution in [3.63, 3.8) is 0 Å². The van der Waals surface area contributed by atoms with E-state index >= 15 is 0 Å². The average Bonchev–Trinajstić information content (AvgIpc) is 3.79. The van der Waals surface area contributed by atoms with Gasteiger partial charge in [-0.05, 0) is 135 Å². The lowest BCUT2D eigenvalue weighted by Crippen LogP contribution is -2.37. The second-order valence-electron chi connectivity index (χ2n) is 20.2. The van der Waals surface area contributed by atoms with Gasteiger partial charge in [-0.1, -0.05) is 186 Å². The summed E-state index contributed by atoms with van der Waals surface area (Å²) in [6.45, 7) is 16.8. The minimum atomic E-state index is -1.50. The van der Waals surface area contributed by atoms with Gasteiger partial charge in [0.1, 0.15) is 0 Å². The predicted molar refractivity (Wildman–Crippen MR) is 288 cm³/mol. The van der Waals surface area contributed by atoms with E-state index in [0.717, 1.165) is 0 Å². The Morgan fingerprint density at radius 3 is 1.62 bits per heavy atom. The van der Waals surface area contributed by atoms with Crippen molar-refractivity contribution in [3.05, 3.63) is 211 Å². The standard InChI is InChI=1S/C63H58N2Si/c1-8-17-42(2)43-24-28-48(29-25-43)64(49-30-33-51(34-31-49)66(5,6)7)61-41-58-62(53-23-16-15-22-52(53)61)54-35-32-50(40-57(54)63(58,3)4)65-59-36-26-46(44-18-11-9-12-19-44)38-55(59)56-39-47(27-37-60(56)65)45-20-13-10-14-21-45/h9-16,18-42H,8,17H2,1-7H3. The van der Waals surface area contributed by atoms with Gasteiger partial charge < -0.3 is 9.47 Å². The Morgan fingerprint density at radius 2 is 1.06 bits per heavy atom. The highest BCUT2D eigenvalue weighted by Crippen LogP contribution is 2.55. The molecule has 9 aromatic carbocycles. The number of benzene rings is 9. The van der Waals surface area contributed by atoms with Gasteiger partial charge >= 0.3 is 0 Å². The highest BCUT2D eigenvalue weighted by atomic mass is 28.3. The third-order valence-corrected chi connectivity index (χ3v) is 16.6. The maximum atomic E-state index is 2.52. The topological polar surface area (TPSA) is 8.17 Å². The summed E-state index contributed by atoms with van der Waals surface area (Å²) >= 11 is 0. The monoisotopic (exact) mass is 870 g/mol. The molecule has 1 atom stereocenters. The summed E-state index contributed by atoms with van der Waals surface area (Å²) < 4.78 is 2.49. The zero-order valence-electron chi connectivity index (χ0n) is 39.4. The molecule has 10 aromatic rings. The molecule has 0 saturated carbocycles. The van der Waals surface area contributed by atoms with Crippen LogP contribution in [0.5, 0.6) is 0 Å². The van der Waals surface area contributed by atoms with Gasteiger partial charge in [-0.2, -0.15) is 0 Å². The summed E-state index contributed by atoms with van der Waals surface area (Å²) in [5, 5.41) is 6.53. The SMILES string of the molecule is CCCC(C)c1ccc(N(c2ccc([Si](C)(C)C)cc2)c2cc3c(c4ccccc24)-c2ccc(-n4c5ccc(-c6ccccc6)cc5c5cc(-c6ccccc6)ccc54)cc2C3(C)C)cc1. The van der Waals surface area contributed by atoms with Crippen molar-refractivity contribution < 1.29 is 0 Å². The lowest BCUT2D eigenvalue weighted by Gasteiger charge is -2.30. The number of fused-ring (bicyclic) bond motifs is 8. The van der Waals surface area contributed by atoms with E-state index in [1.165, 1.54) is 123 Å². The van der Waals surface area contributed by atoms with E-state index in [4.69, 9.17) is 0 Å². The largest absolute Gasteiger partial charge is 0.310 e. The van der Waals surface area contributed by atoms with E-state index in [1.807, 2.05) is 0 Å². The Balaban J connectivity index is 1.09. The zero-order valence-corrected chi connectivity index (χ0v) is 40.4. The van der Waals surface area contributed by atoms with E-state index in [1.54, 1.807) is 0 Å². The Bertz CT molecular complexity index is 3330. The molecule has 2 nitrogen and oxygen atoms in total. The quantitative estimate of drug-likeness (QED) is 0.124. The number of hydrogen-bond donors (Lipinski definition) is 0. The average molecular weight is 871 g/mol. The van der Waals surface area contributed by atoms with Crippen LogP contribution in [0.3, 0.4) is 0 Å². The summed E-state index contributed by atoms with van der Waals surface area (Å²) in [7, 11) is -1.50. The van der Waals surface area contributed by atoms with Gasteiger partial charge in [0.05, 0.1) is 24.8 Å². The molecular weight excluding hydrogens is 813 g/mol. The molecule has 1 unspecified atom stereocenters. The number of rotatable bonds is 10. The molecular formula is C63H58N2Si. The van der Waals surface area contributed by atoms with Gasteiger partial charge in [0.15, 0.2) is 0 Å². The first-order chi connectivity index (χ1) is 32.0. The molecule has 1 heterocycles. The van der Waals surface area contributed by atoms with Crippen molar-refractivity contribution in [2.45, 2.75) is 71.5 Å². The lowest BCUT2D eigenvalue weighted by atomic mass is 9.81. The van der Waals surface area contributed by atoms with Crippen molar-refractivity contribution >= 4 is 62.9 Å². The Kier molecular flexibility index (Phi) is 10.2. The highest BCUT2D eigenvalue weighted by molar-refractivity contribution is 6.88. The van der Waals surface area contributed by atoms with Gasteiger partial charge in [0, 0.05) is 38.6 Å². The van der Waals surface area contributed by atoms with Crippen molar-refractivity contribution in [2.24, 2.45) is 0 Å². The normalized spacial score (nSPS) is 13.6. The van der Waals surface area contributed by atoms with E-state index in [2.05, 4.69) is 251 Å². The number of hydrogen-bond acceptors (Lipinski definition) is 1. The van der Waals surface area contributed by atoms with Crippen LogP contribution >= 0.6 is 0 Å². The first kappa shape index (κ1) is 41.7. The molecule has 0 aliphatic heterocycles. The number of anilines is 3. The maximum Gasteiger partial charge on any atom is 0.0775 e. The van der Waals surface area contributed by atoms with Crippen molar-refractivity contribution in [2.75, 3.05) is 4.90 Å². The van der Waals surface area contributed by atoms with Gasteiger partial charge in [-0.15, -0.1) is 0 Å². The summed E-state index contributed by atoms with van der Waals surface area (Å²) in [5.41, 5.74) is 18.6. The van der Waals surface area contributed by atoms with Crippen LogP contribution in [-0.4, -0.2) is 12.6 Å². The third kappa shape index (κ3) is 7.00. The van der Waals surface area contributed by atoms with Crippen LogP contribution in [0.25, 0.3) is 71.6 Å². The lowest BCUT2D eigenvalue weighted by molar-refractivity contribution is 0.660. The fraction of sp³-hybridized carbons (Fsp3) is 0.175. The van der Waals surface area contributed by atoms with E-state index in [0.29, 0.717) is 5.92 Å². The van der Waals surface area contributed by atoms with Crippen molar-refractivity contribution in [1.82, 2.24) is 4.57 Å². The van der Waals surface area contributed by atoms with E-state index in [-0.39, 0.29) is 5.41 Å². The molecule has 0 fully saturated rings. The molecule has 0 N–H and O–H groups in total. The van der Waals surface area contributed by atoms with Crippen LogP contribution in [0.2, 0.25) is 19.6 Å². The van der Waals surface area contributed by atoms with E-state index in [9.17, 15) is 0 Å². The second kappa shape index (κ2) is 16.2. The van der Waals surface area contributed by atoms with Gasteiger partial charge in [0.25, 0.3) is 0 Å². The van der Waals surface area contributed by atoms with Crippen LogP contribution in [0.4, 0.5) is 17.1 Å². The first-order valence-corrected chi connectivity index (χ1v) is 27.4. The molecule has 0 spiro atoms. The molecule has 1 aliphatic carbocycles. The van der Waals surface area contributed by atoms with Gasteiger partial charge in [-0.3, -0.25) is 0 Å². The van der Waals surface area contributed by atoms with Crippen LogP contribution in [-0.2, 0) is 5.41 Å². The number of nitrogens with zero attached hydrogens (tertiary/aromatic N) is 2. The predicted octanol–water partition coefficient (Wildman–Crippen LogP) is 17.5. The fourth-order valence-corrected chi connectivity index (χ4v) is 12.1. The van der Waals surface area contributed by atoms with Crippen LogP contribution in [0.15, 0.2) is 194 Å². The first-order valence-electron chi connectivity index (χ1n) is 23.9. The molecule has 0 saturated heterocycles. The van der Waals surface area contributed by atoms with Gasteiger partial charge in [0.2, 0.25) is 0 Å². The van der Waals surface area contributed by atoms with Crippen LogP contribution in [0.1, 0.15) is 63.1 Å². The molecule has 324 valence electrons. The minimum absolute atomic E-state index is 0.272. The molecule has 3 heteroatoms. The van der Waals surface area contributed by atoms with Crippen LogP contribution < -0.4 is 10.1 Å². The summed E-state index contributed by atoms with van der Waals surface area (Å²) in [6.07, 6.45) is 2.37. The van der Waals surface area contributed by atoms with Crippen molar-refractivity contribution in [1.29, 1.82) is 0 Å². The molecule has 0 amide bonds. The Labute approximate surface area is 391 Å². The molecule has 1 aromatic heterocycles. The Morgan fingerprint density at radius 1 is 0.515 bits per heavy atom. The maximum absolute atomic E-state index is 2.52. The smallest absolute Gasteiger partial charge is 0.0775 e. The molecule has 66 heavy (non-hydrogen) atoms. The molecule has 0 radical (unpaired) electrons. The third-order valence-electron chi connectivity index (χ3n) is 14.6. The second-order valence-corrected chi connectivity index (χ2v) is 25.2. The summed E-state index contributed by atoms with van der Waals surface area (Å²) in [5.74, 6) is 0.527. The molecule has 1 aliphatic rings. The van der Waals surface area contributed by atoms with Crippen LogP contribution in [0, 0.1) is 0 Å². The highest BCUT2D eigenvalue weighted by Gasteiger charge is 2.38. The van der Waals surface area contributed by atoms with E-state index < -0.39 is 8.07 Å². The minimum Gasteiger partial charge on any atom is -0.310 e. The summed E-state index contributed by atoms with van der Waals surface area (Å²) in [6, 6.07) is 73.3. The zero-order chi connectivity index (χ0) is 45.3. The number of aromatic nitrogens is 1. The Hall–Kier alpha value is -6.94. The molecule has 11 rings (SSSR count). The van der Waals surface area contributed by atoms with Crippen molar-refractivity contribution in [3.8, 4) is 39.1 Å². The summed E-state index contributed by atoms with van der Waals surface area (Å²) in [4.78, 5) is 2.51. The van der Waals surface area contributed by atoms with Gasteiger partial charge in [-0.25, -0.2) is 0 Å². The molecule has 0 bridgehead atoms. The fourth-order valence-electron chi connectivity index (χ4n) is 10.9.